The summed E-state index contributed by atoms with van der Waals surface area (Å²) in [5.74, 6) is -0.740. The number of thiophene rings is 1. The summed E-state index contributed by atoms with van der Waals surface area (Å²) < 4.78 is 13.6. The number of carbonyl (C=O) groups excluding carboxylic acids is 1. The van der Waals surface area contributed by atoms with Gasteiger partial charge in [-0.25, -0.2) is 4.39 Å². The highest BCUT2D eigenvalue weighted by Gasteiger charge is 2.14. The van der Waals surface area contributed by atoms with E-state index in [0.29, 0.717) is 14.8 Å². The van der Waals surface area contributed by atoms with Crippen LogP contribution in [0.5, 0.6) is 0 Å². The molecule has 0 saturated heterocycles. The van der Waals surface area contributed by atoms with E-state index in [2.05, 4.69) is 0 Å². The zero-order valence-corrected chi connectivity index (χ0v) is 11.1. The zero-order chi connectivity index (χ0) is 12.6. The second kappa shape index (κ2) is 4.77. The van der Waals surface area contributed by atoms with Gasteiger partial charge in [-0.05, 0) is 36.8 Å². The fourth-order valence-corrected chi connectivity index (χ4v) is 2.70. The maximum atomic E-state index is 13.0. The largest absolute Gasteiger partial charge is 0.288 e. The average Bonchev–Trinajstić information content (AvgIpc) is 2.62. The molecule has 1 heterocycles. The van der Waals surface area contributed by atoms with Crippen molar-refractivity contribution in [2.45, 2.75) is 6.92 Å². The molecule has 1 aromatic carbocycles. The number of ketones is 1. The van der Waals surface area contributed by atoms with Crippen LogP contribution in [0, 0.1) is 12.7 Å². The summed E-state index contributed by atoms with van der Waals surface area (Å²) in [5.41, 5.74) is 1.21. The SMILES string of the molecule is Cc1cc(C(=O)c2ccc(F)c(Cl)c2)sc1Cl. The minimum absolute atomic E-state index is 0.0600. The van der Waals surface area contributed by atoms with E-state index in [4.69, 9.17) is 23.2 Å². The third-order valence-electron chi connectivity index (χ3n) is 2.26. The number of carbonyl (C=O) groups is 1. The normalized spacial score (nSPS) is 10.6. The lowest BCUT2D eigenvalue weighted by Crippen LogP contribution is -1.98. The molecule has 0 spiro atoms. The molecule has 0 bridgehead atoms. The highest BCUT2D eigenvalue weighted by atomic mass is 35.5. The second-order valence-electron chi connectivity index (χ2n) is 3.53. The molecule has 0 amide bonds. The molecule has 1 aromatic heterocycles. The number of rotatable bonds is 2. The van der Waals surface area contributed by atoms with E-state index in [0.717, 1.165) is 5.56 Å². The lowest BCUT2D eigenvalue weighted by atomic mass is 10.1. The molecule has 0 aliphatic heterocycles. The maximum absolute atomic E-state index is 13.0. The molecular formula is C12H7Cl2FOS. The molecule has 5 heteroatoms. The van der Waals surface area contributed by atoms with Gasteiger partial charge in [0.05, 0.1) is 14.2 Å². The standard InChI is InChI=1S/C12H7Cl2FOS/c1-6-4-10(17-12(6)14)11(16)7-2-3-9(15)8(13)5-7/h2-5H,1H3. The Morgan fingerprint density at radius 3 is 2.53 bits per heavy atom. The molecule has 0 saturated carbocycles. The van der Waals surface area contributed by atoms with Gasteiger partial charge in [0.25, 0.3) is 0 Å². The molecule has 88 valence electrons. The lowest BCUT2D eigenvalue weighted by molar-refractivity contribution is 0.104. The van der Waals surface area contributed by atoms with Crippen LogP contribution in [-0.4, -0.2) is 5.78 Å². The predicted octanol–water partition coefficient (Wildman–Crippen LogP) is 4.73. The summed E-state index contributed by atoms with van der Waals surface area (Å²) in [6.45, 7) is 1.83. The van der Waals surface area contributed by atoms with E-state index in [1.165, 1.54) is 29.5 Å². The summed E-state index contributed by atoms with van der Waals surface area (Å²) >= 11 is 12.7. The van der Waals surface area contributed by atoms with Crippen molar-refractivity contribution in [3.63, 3.8) is 0 Å². The highest BCUT2D eigenvalue weighted by molar-refractivity contribution is 7.18. The predicted molar refractivity (Wildman–Crippen MR) is 68.9 cm³/mol. The summed E-state index contributed by atoms with van der Waals surface area (Å²) in [4.78, 5) is 12.6. The van der Waals surface area contributed by atoms with Crippen LogP contribution in [0.2, 0.25) is 9.36 Å². The van der Waals surface area contributed by atoms with Crippen molar-refractivity contribution in [1.29, 1.82) is 0 Å². The molecule has 0 fully saturated rings. The highest BCUT2D eigenvalue weighted by Crippen LogP contribution is 2.29. The molecule has 2 aromatic rings. The van der Waals surface area contributed by atoms with Gasteiger partial charge in [0.2, 0.25) is 5.78 Å². The van der Waals surface area contributed by atoms with Gasteiger partial charge in [0, 0.05) is 5.56 Å². The van der Waals surface area contributed by atoms with Crippen molar-refractivity contribution < 1.29 is 9.18 Å². The summed E-state index contributed by atoms with van der Waals surface area (Å²) in [6, 6.07) is 5.62. The van der Waals surface area contributed by atoms with Crippen molar-refractivity contribution in [2.24, 2.45) is 0 Å². The maximum Gasteiger partial charge on any atom is 0.203 e. The van der Waals surface area contributed by atoms with E-state index in [9.17, 15) is 9.18 Å². The van der Waals surface area contributed by atoms with Gasteiger partial charge in [-0.1, -0.05) is 23.2 Å². The topological polar surface area (TPSA) is 17.1 Å². The number of aryl methyl sites for hydroxylation is 1. The van der Waals surface area contributed by atoms with Crippen molar-refractivity contribution in [3.05, 3.63) is 55.4 Å². The Morgan fingerprint density at radius 1 is 1.29 bits per heavy atom. The fraction of sp³-hybridized carbons (Fsp3) is 0.0833. The molecule has 0 radical (unpaired) electrons. The average molecular weight is 289 g/mol. The van der Waals surface area contributed by atoms with Crippen molar-refractivity contribution in [3.8, 4) is 0 Å². The van der Waals surface area contributed by atoms with E-state index < -0.39 is 5.82 Å². The van der Waals surface area contributed by atoms with Crippen LogP contribution in [0.15, 0.2) is 24.3 Å². The molecule has 2 rings (SSSR count). The van der Waals surface area contributed by atoms with Gasteiger partial charge in [-0.3, -0.25) is 4.79 Å². The van der Waals surface area contributed by atoms with Gasteiger partial charge in [0.15, 0.2) is 0 Å². The summed E-state index contributed by atoms with van der Waals surface area (Å²) in [5, 5.41) is -0.0600. The Kier molecular flexibility index (Phi) is 3.52. The first-order valence-corrected chi connectivity index (χ1v) is 6.32. The Bertz CT molecular complexity index is 573. The van der Waals surface area contributed by atoms with E-state index >= 15 is 0 Å². The number of benzene rings is 1. The minimum atomic E-state index is -0.538. The van der Waals surface area contributed by atoms with Gasteiger partial charge >= 0.3 is 0 Å². The molecule has 0 N–H and O–H groups in total. The van der Waals surface area contributed by atoms with Gasteiger partial charge in [-0.2, -0.15) is 0 Å². The van der Waals surface area contributed by atoms with Gasteiger partial charge in [-0.15, -0.1) is 11.3 Å². The quantitative estimate of drug-likeness (QED) is 0.730. The van der Waals surface area contributed by atoms with E-state index in [1.807, 2.05) is 6.92 Å². The molecule has 0 atom stereocenters. The van der Waals surface area contributed by atoms with Crippen molar-refractivity contribution in [1.82, 2.24) is 0 Å². The first-order valence-electron chi connectivity index (χ1n) is 4.74. The Hall–Kier alpha value is -0.900. The third-order valence-corrected chi connectivity index (χ3v) is 4.11. The van der Waals surface area contributed by atoms with Crippen LogP contribution in [-0.2, 0) is 0 Å². The van der Waals surface area contributed by atoms with E-state index in [1.54, 1.807) is 6.07 Å². The van der Waals surface area contributed by atoms with Crippen LogP contribution in [0.1, 0.15) is 20.8 Å². The number of hydrogen-bond donors (Lipinski definition) is 0. The Labute approximate surface area is 112 Å². The molecular weight excluding hydrogens is 282 g/mol. The molecule has 0 aliphatic rings. The number of hydrogen-bond acceptors (Lipinski definition) is 2. The van der Waals surface area contributed by atoms with Crippen molar-refractivity contribution >= 4 is 40.3 Å². The van der Waals surface area contributed by atoms with Crippen LogP contribution in [0.25, 0.3) is 0 Å². The zero-order valence-electron chi connectivity index (χ0n) is 8.76. The summed E-state index contributed by atoms with van der Waals surface area (Å²) in [7, 11) is 0. The smallest absolute Gasteiger partial charge is 0.203 e. The monoisotopic (exact) mass is 288 g/mol. The summed E-state index contributed by atoms with van der Waals surface area (Å²) in [6.07, 6.45) is 0. The Balaban J connectivity index is 2.40. The van der Waals surface area contributed by atoms with E-state index in [-0.39, 0.29) is 10.8 Å². The molecule has 0 aliphatic carbocycles. The molecule has 17 heavy (non-hydrogen) atoms. The first-order chi connectivity index (χ1) is 7.99. The molecule has 0 unspecified atom stereocenters. The third kappa shape index (κ3) is 2.51. The fourth-order valence-electron chi connectivity index (χ4n) is 1.35. The Morgan fingerprint density at radius 2 is 2.00 bits per heavy atom. The van der Waals surface area contributed by atoms with Crippen LogP contribution < -0.4 is 0 Å². The second-order valence-corrected chi connectivity index (χ2v) is 5.59. The first kappa shape index (κ1) is 12.6. The lowest BCUT2D eigenvalue weighted by Gasteiger charge is -1.99. The van der Waals surface area contributed by atoms with Crippen LogP contribution >= 0.6 is 34.5 Å². The van der Waals surface area contributed by atoms with Crippen LogP contribution in [0.4, 0.5) is 4.39 Å². The van der Waals surface area contributed by atoms with Gasteiger partial charge < -0.3 is 0 Å². The molecule has 1 nitrogen and oxygen atoms in total. The van der Waals surface area contributed by atoms with Gasteiger partial charge in [0.1, 0.15) is 5.82 Å². The van der Waals surface area contributed by atoms with Crippen LogP contribution in [0.3, 0.4) is 0 Å². The number of halogens is 3. The minimum Gasteiger partial charge on any atom is -0.288 e. The van der Waals surface area contributed by atoms with Crippen molar-refractivity contribution in [2.75, 3.05) is 0 Å².